The molecule has 0 saturated carbocycles. The minimum atomic E-state index is -0.884. The van der Waals surface area contributed by atoms with Crippen LogP contribution in [0, 0.1) is 0 Å². The van der Waals surface area contributed by atoms with Crippen LogP contribution in [0.4, 0.5) is 0 Å². The van der Waals surface area contributed by atoms with Gasteiger partial charge in [-0.2, -0.15) is 0 Å². The molecule has 1 N–H and O–H groups in total. The first-order valence-corrected chi connectivity index (χ1v) is 7.15. The number of nitrogens with zero attached hydrogens (tertiary/aromatic N) is 1. The molecule has 0 aliphatic carbocycles. The second-order valence-electron chi connectivity index (χ2n) is 3.89. The van der Waals surface area contributed by atoms with Gasteiger partial charge in [0.25, 0.3) is 0 Å². The van der Waals surface area contributed by atoms with Crippen molar-refractivity contribution >= 4 is 28.6 Å². The molecule has 1 atom stereocenters. The average molecular weight is 267 g/mol. The van der Waals surface area contributed by atoms with Crippen molar-refractivity contribution in [2.24, 2.45) is 0 Å². The Labute approximate surface area is 108 Å². The maximum absolute atomic E-state index is 10.8. The van der Waals surface area contributed by atoms with E-state index in [0.717, 1.165) is 22.0 Å². The molecule has 0 saturated heterocycles. The van der Waals surface area contributed by atoms with Crippen LogP contribution in [0.15, 0.2) is 16.8 Å². The van der Waals surface area contributed by atoms with E-state index in [0.29, 0.717) is 11.5 Å². The fraction of sp³-hybridized carbons (Fsp3) is 0.333. The van der Waals surface area contributed by atoms with Crippen LogP contribution in [-0.4, -0.2) is 16.1 Å². The molecular weight excluding hydrogens is 254 g/mol. The third kappa shape index (κ3) is 2.56. The fourth-order valence-electron chi connectivity index (χ4n) is 1.38. The zero-order valence-electron chi connectivity index (χ0n) is 9.64. The Morgan fingerprint density at radius 3 is 2.82 bits per heavy atom. The molecule has 0 fully saturated rings. The predicted octanol–water partition coefficient (Wildman–Crippen LogP) is 4.08. The molecule has 2 rings (SSSR count). The molecule has 2 heterocycles. The average Bonchev–Trinajstić information content (AvgIpc) is 2.95. The van der Waals surface area contributed by atoms with Crippen molar-refractivity contribution in [1.29, 1.82) is 0 Å². The van der Waals surface area contributed by atoms with Gasteiger partial charge in [0.05, 0.1) is 21.1 Å². The lowest BCUT2D eigenvalue weighted by Crippen LogP contribution is -1.91. The molecule has 1 unspecified atom stereocenters. The number of rotatable bonds is 4. The molecule has 2 aromatic heterocycles. The van der Waals surface area contributed by atoms with E-state index < -0.39 is 5.97 Å². The number of hydrogen-bond acceptors (Lipinski definition) is 4. The van der Waals surface area contributed by atoms with E-state index >= 15 is 0 Å². The van der Waals surface area contributed by atoms with Crippen LogP contribution in [0.1, 0.15) is 41.6 Å². The lowest BCUT2D eigenvalue weighted by atomic mass is 10.1. The summed E-state index contributed by atoms with van der Waals surface area (Å²) in [5.74, 6) is -0.419. The molecule has 3 nitrogen and oxygen atoms in total. The van der Waals surface area contributed by atoms with E-state index in [4.69, 9.17) is 5.11 Å². The molecule has 0 aromatic carbocycles. The SMILES string of the molecule is CCC(C)c1nc(-c2cc(C(=O)O)cs2)cs1. The van der Waals surface area contributed by atoms with Crippen molar-refractivity contribution in [1.82, 2.24) is 4.98 Å². The van der Waals surface area contributed by atoms with Gasteiger partial charge in [0, 0.05) is 16.7 Å². The molecule has 2 aromatic rings. The van der Waals surface area contributed by atoms with Crippen LogP contribution in [0.5, 0.6) is 0 Å². The summed E-state index contributed by atoms with van der Waals surface area (Å²) in [6.07, 6.45) is 1.07. The van der Waals surface area contributed by atoms with Crippen molar-refractivity contribution < 1.29 is 9.90 Å². The number of thiophene rings is 1. The van der Waals surface area contributed by atoms with Crippen LogP contribution in [0.3, 0.4) is 0 Å². The van der Waals surface area contributed by atoms with Gasteiger partial charge in [0.2, 0.25) is 0 Å². The zero-order chi connectivity index (χ0) is 12.4. The first-order chi connectivity index (χ1) is 8.11. The highest BCUT2D eigenvalue weighted by Gasteiger charge is 2.13. The van der Waals surface area contributed by atoms with E-state index in [2.05, 4.69) is 18.8 Å². The largest absolute Gasteiger partial charge is 0.478 e. The maximum Gasteiger partial charge on any atom is 0.336 e. The van der Waals surface area contributed by atoms with E-state index in [1.807, 2.05) is 5.38 Å². The molecule has 17 heavy (non-hydrogen) atoms. The summed E-state index contributed by atoms with van der Waals surface area (Å²) in [6.45, 7) is 4.29. The number of carboxylic acids is 1. The van der Waals surface area contributed by atoms with Crippen molar-refractivity contribution in [2.45, 2.75) is 26.2 Å². The molecular formula is C12H13NO2S2. The predicted molar refractivity (Wildman–Crippen MR) is 71.1 cm³/mol. The molecule has 0 aliphatic rings. The molecule has 0 radical (unpaired) electrons. The minimum Gasteiger partial charge on any atom is -0.478 e. The molecule has 5 heteroatoms. The Kier molecular flexibility index (Phi) is 3.59. The molecule has 0 spiro atoms. The van der Waals surface area contributed by atoms with Crippen molar-refractivity contribution in [3.63, 3.8) is 0 Å². The number of carboxylic acid groups (broad SMARTS) is 1. The van der Waals surface area contributed by atoms with Crippen LogP contribution in [0.25, 0.3) is 10.6 Å². The molecule has 0 bridgehead atoms. The maximum atomic E-state index is 10.8. The van der Waals surface area contributed by atoms with E-state index in [-0.39, 0.29) is 0 Å². The number of aromatic nitrogens is 1. The number of hydrogen-bond donors (Lipinski definition) is 1. The van der Waals surface area contributed by atoms with Gasteiger partial charge in [-0.1, -0.05) is 13.8 Å². The van der Waals surface area contributed by atoms with Gasteiger partial charge < -0.3 is 5.11 Å². The van der Waals surface area contributed by atoms with Crippen LogP contribution in [-0.2, 0) is 0 Å². The highest BCUT2D eigenvalue weighted by molar-refractivity contribution is 7.14. The smallest absolute Gasteiger partial charge is 0.336 e. The highest BCUT2D eigenvalue weighted by atomic mass is 32.1. The lowest BCUT2D eigenvalue weighted by Gasteiger charge is -2.01. The normalized spacial score (nSPS) is 12.6. The van der Waals surface area contributed by atoms with Gasteiger partial charge in [0.15, 0.2) is 0 Å². The van der Waals surface area contributed by atoms with Gasteiger partial charge in [-0.05, 0) is 12.5 Å². The Morgan fingerprint density at radius 2 is 2.24 bits per heavy atom. The second kappa shape index (κ2) is 4.98. The molecule has 0 amide bonds. The summed E-state index contributed by atoms with van der Waals surface area (Å²) in [7, 11) is 0. The number of thiazole rings is 1. The fourth-order valence-corrected chi connectivity index (χ4v) is 3.26. The summed E-state index contributed by atoms with van der Waals surface area (Å²) in [5, 5.41) is 13.6. The molecule has 0 aliphatic heterocycles. The van der Waals surface area contributed by atoms with Gasteiger partial charge in [-0.3, -0.25) is 0 Å². The van der Waals surface area contributed by atoms with Gasteiger partial charge in [-0.15, -0.1) is 22.7 Å². The van der Waals surface area contributed by atoms with Gasteiger partial charge in [-0.25, -0.2) is 9.78 Å². The second-order valence-corrected chi connectivity index (χ2v) is 5.69. The Hall–Kier alpha value is -1.20. The van der Waals surface area contributed by atoms with Gasteiger partial charge >= 0.3 is 5.97 Å². The van der Waals surface area contributed by atoms with E-state index in [1.54, 1.807) is 22.8 Å². The van der Waals surface area contributed by atoms with Crippen LogP contribution >= 0.6 is 22.7 Å². The lowest BCUT2D eigenvalue weighted by molar-refractivity contribution is 0.0697. The van der Waals surface area contributed by atoms with Gasteiger partial charge in [0.1, 0.15) is 0 Å². The van der Waals surface area contributed by atoms with E-state index in [9.17, 15) is 4.79 Å². The third-order valence-electron chi connectivity index (χ3n) is 2.65. The summed E-state index contributed by atoms with van der Waals surface area (Å²) < 4.78 is 0. The Bertz CT molecular complexity index is 530. The summed E-state index contributed by atoms with van der Waals surface area (Å²) in [5.41, 5.74) is 1.23. The van der Waals surface area contributed by atoms with Crippen LogP contribution in [0.2, 0.25) is 0 Å². The number of carbonyl (C=O) groups is 1. The Balaban J connectivity index is 2.27. The first kappa shape index (κ1) is 12.3. The number of aromatic carboxylic acids is 1. The summed E-state index contributed by atoms with van der Waals surface area (Å²) >= 11 is 3.07. The quantitative estimate of drug-likeness (QED) is 0.908. The highest BCUT2D eigenvalue weighted by Crippen LogP contribution is 2.31. The van der Waals surface area contributed by atoms with Crippen molar-refractivity contribution in [2.75, 3.05) is 0 Å². The molecule has 90 valence electrons. The standard InChI is InChI=1S/C12H13NO2S2/c1-3-7(2)11-13-9(6-17-11)10-4-8(5-16-10)12(14)15/h4-7H,3H2,1-2H3,(H,14,15). The Morgan fingerprint density at radius 1 is 1.47 bits per heavy atom. The minimum absolute atomic E-state index is 0.336. The van der Waals surface area contributed by atoms with Crippen LogP contribution < -0.4 is 0 Å². The third-order valence-corrected chi connectivity index (χ3v) is 4.68. The monoisotopic (exact) mass is 267 g/mol. The topological polar surface area (TPSA) is 50.2 Å². The first-order valence-electron chi connectivity index (χ1n) is 5.39. The van der Waals surface area contributed by atoms with E-state index in [1.165, 1.54) is 11.3 Å². The van der Waals surface area contributed by atoms with Crippen molar-refractivity contribution in [3.8, 4) is 10.6 Å². The van der Waals surface area contributed by atoms with Crippen molar-refractivity contribution in [3.05, 3.63) is 27.4 Å². The zero-order valence-corrected chi connectivity index (χ0v) is 11.3. The summed E-state index contributed by atoms with van der Waals surface area (Å²) in [4.78, 5) is 16.3. The summed E-state index contributed by atoms with van der Waals surface area (Å²) in [6, 6.07) is 1.68.